The Morgan fingerprint density at radius 2 is 1.56 bits per heavy atom. The molecule has 43 heavy (non-hydrogen) atoms. The summed E-state index contributed by atoms with van der Waals surface area (Å²) in [6.45, 7) is 0.658. The number of nitriles is 2. The first-order valence-electron chi connectivity index (χ1n) is 11.4. The van der Waals surface area contributed by atoms with E-state index in [0.29, 0.717) is 12.1 Å². The van der Waals surface area contributed by atoms with Gasteiger partial charge in [-0.05, 0) is 55.5 Å². The lowest BCUT2D eigenvalue weighted by atomic mass is 10.0. The molecule has 0 bridgehead atoms. The minimum absolute atomic E-state index is 0.0824. The number of amides is 1. The summed E-state index contributed by atoms with van der Waals surface area (Å²) in [7, 11) is -5.64. The van der Waals surface area contributed by atoms with E-state index in [1.807, 2.05) is 6.07 Å². The lowest BCUT2D eigenvalue weighted by molar-refractivity contribution is -0.274. The number of carbonyl (C=O) groups excluding carboxylic acids is 1. The molecule has 9 nitrogen and oxygen atoms in total. The molecule has 3 aromatic carbocycles. The third-order valence-electron chi connectivity index (χ3n) is 5.31. The Labute approximate surface area is 244 Å². The summed E-state index contributed by atoms with van der Waals surface area (Å²) in [5, 5.41) is 21.0. The highest BCUT2D eigenvalue weighted by Gasteiger charge is 2.46. The van der Waals surface area contributed by atoms with Gasteiger partial charge in [-0.2, -0.15) is 23.7 Å². The second-order valence-corrected chi connectivity index (χ2v) is 11.0. The third-order valence-corrected chi connectivity index (χ3v) is 7.11. The standard InChI is InChI=1S/C26H16ClF6N3O6S/c1-24(13-35,36-23(37)16-3-6-18(7-4-16)43(38,39)26(31,32)33)14-40-22-10-15(12-34)2-8-21(22)41-20-9-5-17(11-19(20)27)42-25(28,29)30/h2-11H,14H2,1H3,(H,36,37)/t24-/m0/s1. The second-order valence-electron chi connectivity index (χ2n) is 8.68. The van der Waals surface area contributed by atoms with Crippen LogP contribution in [-0.4, -0.2) is 38.3 Å². The number of alkyl halides is 6. The van der Waals surface area contributed by atoms with Crippen molar-refractivity contribution >= 4 is 27.3 Å². The number of halogens is 7. The topological polar surface area (TPSA) is 139 Å². The summed E-state index contributed by atoms with van der Waals surface area (Å²) in [4.78, 5) is 11.6. The molecule has 1 amide bonds. The highest BCUT2D eigenvalue weighted by atomic mass is 35.5. The van der Waals surface area contributed by atoms with Crippen molar-refractivity contribution in [3.05, 3.63) is 76.8 Å². The second kappa shape index (κ2) is 12.3. The lowest BCUT2D eigenvalue weighted by Crippen LogP contribution is -2.49. The Morgan fingerprint density at radius 1 is 0.930 bits per heavy atom. The number of rotatable bonds is 9. The van der Waals surface area contributed by atoms with Crippen LogP contribution in [0.4, 0.5) is 26.3 Å². The van der Waals surface area contributed by atoms with E-state index >= 15 is 0 Å². The molecule has 0 aromatic heterocycles. The molecule has 1 atom stereocenters. The number of nitrogens with zero attached hydrogens (tertiary/aromatic N) is 2. The van der Waals surface area contributed by atoms with E-state index in [9.17, 15) is 50.1 Å². The molecule has 0 aliphatic carbocycles. The van der Waals surface area contributed by atoms with Crippen molar-refractivity contribution in [3.63, 3.8) is 0 Å². The van der Waals surface area contributed by atoms with Crippen LogP contribution in [-0.2, 0) is 9.84 Å². The smallest absolute Gasteiger partial charge is 0.486 e. The zero-order chi connectivity index (χ0) is 32.2. The van der Waals surface area contributed by atoms with Crippen molar-refractivity contribution in [1.29, 1.82) is 10.5 Å². The van der Waals surface area contributed by atoms with E-state index in [1.165, 1.54) is 25.1 Å². The summed E-state index contributed by atoms with van der Waals surface area (Å²) >= 11 is 6.02. The van der Waals surface area contributed by atoms with E-state index in [0.717, 1.165) is 30.3 Å². The molecule has 1 N–H and O–H groups in total. The lowest BCUT2D eigenvalue weighted by Gasteiger charge is -2.24. The third kappa shape index (κ3) is 8.21. The Balaban J connectivity index is 1.79. The van der Waals surface area contributed by atoms with Gasteiger partial charge in [-0.3, -0.25) is 4.79 Å². The number of sulfone groups is 1. The molecule has 0 aliphatic heterocycles. The Bertz CT molecular complexity index is 1720. The summed E-state index contributed by atoms with van der Waals surface area (Å²) in [6, 6.07) is 13.2. The molecule has 0 spiro atoms. The van der Waals surface area contributed by atoms with Crippen LogP contribution in [0.25, 0.3) is 0 Å². The van der Waals surface area contributed by atoms with Crippen molar-refractivity contribution in [1.82, 2.24) is 5.32 Å². The van der Waals surface area contributed by atoms with Gasteiger partial charge in [0.05, 0.1) is 27.6 Å². The number of hydrogen-bond donors (Lipinski definition) is 1. The minimum atomic E-state index is -5.64. The van der Waals surface area contributed by atoms with Crippen molar-refractivity contribution in [2.45, 2.75) is 29.2 Å². The zero-order valence-electron chi connectivity index (χ0n) is 21.4. The number of ether oxygens (including phenoxy) is 3. The average Bonchev–Trinajstić information content (AvgIpc) is 2.92. The fourth-order valence-electron chi connectivity index (χ4n) is 3.21. The van der Waals surface area contributed by atoms with Crippen LogP contribution < -0.4 is 19.5 Å². The predicted molar refractivity (Wildman–Crippen MR) is 136 cm³/mol. The first kappa shape index (κ1) is 32.8. The van der Waals surface area contributed by atoms with E-state index < -0.39 is 50.4 Å². The first-order valence-corrected chi connectivity index (χ1v) is 13.3. The normalized spacial score (nSPS) is 13.2. The number of carbonyl (C=O) groups is 1. The molecule has 0 heterocycles. The van der Waals surface area contributed by atoms with Crippen LogP contribution in [0, 0.1) is 22.7 Å². The number of hydrogen-bond acceptors (Lipinski definition) is 8. The van der Waals surface area contributed by atoms with Crippen molar-refractivity contribution in [3.8, 4) is 35.1 Å². The molecule has 0 fully saturated rings. The summed E-state index contributed by atoms with van der Waals surface area (Å²) in [6.07, 6.45) is -4.96. The predicted octanol–water partition coefficient (Wildman–Crippen LogP) is 6.29. The minimum Gasteiger partial charge on any atom is -0.486 e. The van der Waals surface area contributed by atoms with Gasteiger partial charge in [0.15, 0.2) is 17.0 Å². The molecule has 3 aromatic rings. The maximum absolute atomic E-state index is 12.8. The molecular weight excluding hydrogens is 632 g/mol. The number of benzene rings is 3. The maximum atomic E-state index is 12.8. The van der Waals surface area contributed by atoms with Crippen LogP contribution in [0.1, 0.15) is 22.8 Å². The van der Waals surface area contributed by atoms with Gasteiger partial charge in [-0.25, -0.2) is 8.42 Å². The molecule has 0 radical (unpaired) electrons. The summed E-state index contributed by atoms with van der Waals surface area (Å²) < 4.78 is 114. The molecular formula is C26H16ClF6N3O6S. The van der Waals surface area contributed by atoms with Crippen molar-refractivity contribution in [2.24, 2.45) is 0 Å². The van der Waals surface area contributed by atoms with E-state index in [-0.39, 0.29) is 33.4 Å². The van der Waals surface area contributed by atoms with E-state index in [2.05, 4.69) is 10.1 Å². The molecule has 0 saturated carbocycles. The molecule has 0 aliphatic rings. The zero-order valence-corrected chi connectivity index (χ0v) is 23.0. The van der Waals surface area contributed by atoms with Crippen LogP contribution >= 0.6 is 11.6 Å². The fraction of sp³-hybridized carbons (Fsp3) is 0.192. The summed E-state index contributed by atoms with van der Waals surface area (Å²) in [5.41, 5.74) is -7.53. The Kier molecular flexibility index (Phi) is 9.38. The van der Waals surface area contributed by atoms with Gasteiger partial charge in [-0.15, -0.1) is 13.2 Å². The Morgan fingerprint density at radius 3 is 2.09 bits per heavy atom. The van der Waals surface area contributed by atoms with Gasteiger partial charge in [0.25, 0.3) is 15.7 Å². The summed E-state index contributed by atoms with van der Waals surface area (Å²) in [5.74, 6) is -1.92. The molecule has 3 rings (SSSR count). The van der Waals surface area contributed by atoms with Gasteiger partial charge in [0, 0.05) is 17.7 Å². The largest absolute Gasteiger partial charge is 0.573 e. The molecule has 17 heteroatoms. The number of nitrogens with one attached hydrogen (secondary N) is 1. The van der Waals surface area contributed by atoms with Gasteiger partial charge in [0.1, 0.15) is 18.1 Å². The van der Waals surface area contributed by atoms with Gasteiger partial charge >= 0.3 is 11.9 Å². The maximum Gasteiger partial charge on any atom is 0.573 e. The quantitative estimate of drug-likeness (QED) is 0.268. The van der Waals surface area contributed by atoms with Gasteiger partial charge < -0.3 is 19.5 Å². The first-order chi connectivity index (χ1) is 19.9. The monoisotopic (exact) mass is 647 g/mol. The van der Waals surface area contributed by atoms with Crippen LogP contribution in [0.3, 0.4) is 0 Å². The fourth-order valence-corrected chi connectivity index (χ4v) is 4.19. The molecule has 0 unspecified atom stereocenters. The van der Waals surface area contributed by atoms with E-state index in [4.69, 9.17) is 21.1 Å². The Hall–Kier alpha value is -4.67. The highest BCUT2D eigenvalue weighted by molar-refractivity contribution is 7.92. The average molecular weight is 648 g/mol. The molecule has 0 saturated heterocycles. The van der Waals surface area contributed by atoms with Crippen LogP contribution in [0.15, 0.2) is 65.6 Å². The van der Waals surface area contributed by atoms with Crippen LogP contribution in [0.2, 0.25) is 5.02 Å². The van der Waals surface area contributed by atoms with E-state index in [1.54, 1.807) is 6.07 Å². The highest BCUT2D eigenvalue weighted by Crippen LogP contribution is 2.38. The van der Waals surface area contributed by atoms with Crippen molar-refractivity contribution in [2.75, 3.05) is 6.61 Å². The van der Waals surface area contributed by atoms with Gasteiger partial charge in [0.2, 0.25) is 0 Å². The SMILES string of the molecule is C[C@](C#N)(COc1cc(C#N)ccc1Oc1ccc(OC(F)(F)F)cc1Cl)NC(=O)c1ccc(S(=O)(=O)C(F)(F)F)cc1. The van der Waals surface area contributed by atoms with Crippen LogP contribution in [0.5, 0.6) is 23.0 Å². The van der Waals surface area contributed by atoms with Crippen molar-refractivity contribution < 1.29 is 53.8 Å². The van der Waals surface area contributed by atoms with Gasteiger partial charge in [-0.1, -0.05) is 11.6 Å². The molecule has 226 valence electrons.